The van der Waals surface area contributed by atoms with Gasteiger partial charge in [-0.2, -0.15) is 5.10 Å². The summed E-state index contributed by atoms with van der Waals surface area (Å²) in [6.07, 6.45) is 5.41. The lowest BCUT2D eigenvalue weighted by molar-refractivity contribution is 0.407. The van der Waals surface area contributed by atoms with Crippen LogP contribution in [0.3, 0.4) is 0 Å². The Kier molecular flexibility index (Phi) is 4.30. The summed E-state index contributed by atoms with van der Waals surface area (Å²) in [5.74, 6) is 0. The van der Waals surface area contributed by atoms with Gasteiger partial charge in [-0.15, -0.1) is 0 Å². The second-order valence-corrected chi connectivity index (χ2v) is 7.26. The number of hydrogen-bond acceptors (Lipinski definition) is 2. The molecule has 138 valence electrons. The van der Waals surface area contributed by atoms with E-state index in [0.717, 1.165) is 13.0 Å². The molecule has 3 aromatic carbocycles. The molecular formula is C25H22N2O. The van der Waals surface area contributed by atoms with Crippen molar-refractivity contribution in [2.24, 2.45) is 0 Å². The average molecular weight is 366 g/mol. The Hall–Kier alpha value is -3.17. The first-order chi connectivity index (χ1) is 13.9. The molecule has 5 rings (SSSR count). The van der Waals surface area contributed by atoms with Crippen molar-refractivity contribution in [1.29, 1.82) is 0 Å². The molecule has 0 aliphatic carbocycles. The molecule has 3 nitrogen and oxygen atoms in total. The lowest BCUT2D eigenvalue weighted by Crippen LogP contribution is -2.38. The number of benzene rings is 3. The van der Waals surface area contributed by atoms with Gasteiger partial charge in [-0.3, -0.25) is 4.68 Å². The Labute approximate surface area is 165 Å². The Morgan fingerprint density at radius 3 is 1.68 bits per heavy atom. The van der Waals surface area contributed by atoms with E-state index in [-0.39, 0.29) is 0 Å². The first-order valence-corrected chi connectivity index (χ1v) is 9.69. The summed E-state index contributed by atoms with van der Waals surface area (Å²) in [6, 6.07) is 31.9. The minimum atomic E-state index is -0.535. The average Bonchev–Trinajstić information content (AvgIpc) is 3.46. The molecular weight excluding hydrogens is 344 g/mol. The first kappa shape index (κ1) is 17.0. The smallest absolute Gasteiger partial charge is 0.137 e. The summed E-state index contributed by atoms with van der Waals surface area (Å²) >= 11 is 0. The van der Waals surface area contributed by atoms with Crippen LogP contribution in [0.4, 0.5) is 0 Å². The molecule has 1 aromatic heterocycles. The van der Waals surface area contributed by atoms with E-state index in [1.807, 2.05) is 6.20 Å². The van der Waals surface area contributed by atoms with Crippen molar-refractivity contribution in [3.05, 3.63) is 126 Å². The fourth-order valence-electron chi connectivity index (χ4n) is 4.03. The lowest BCUT2D eigenvalue weighted by atomic mass is 9.77. The Bertz CT molecular complexity index is 941. The number of rotatable bonds is 6. The maximum atomic E-state index is 5.42. The second kappa shape index (κ2) is 7.10. The van der Waals surface area contributed by atoms with E-state index in [2.05, 4.69) is 102 Å². The van der Waals surface area contributed by atoms with Gasteiger partial charge in [0.25, 0.3) is 0 Å². The summed E-state index contributed by atoms with van der Waals surface area (Å²) in [6.45, 7) is 0.854. The molecule has 1 saturated heterocycles. The first-order valence-electron chi connectivity index (χ1n) is 9.69. The zero-order valence-corrected chi connectivity index (χ0v) is 15.6. The van der Waals surface area contributed by atoms with Crippen LogP contribution in [0.25, 0.3) is 0 Å². The van der Waals surface area contributed by atoms with Gasteiger partial charge in [-0.05, 0) is 22.3 Å². The summed E-state index contributed by atoms with van der Waals surface area (Å²) < 4.78 is 7.54. The molecule has 1 fully saturated rings. The van der Waals surface area contributed by atoms with E-state index >= 15 is 0 Å². The van der Waals surface area contributed by atoms with E-state index in [9.17, 15) is 0 Å². The molecule has 1 aliphatic heterocycles. The Balaban J connectivity index is 1.78. The molecule has 0 N–H and O–H groups in total. The molecule has 0 bridgehead atoms. The van der Waals surface area contributed by atoms with Crippen molar-refractivity contribution in [3.8, 4) is 0 Å². The minimum absolute atomic E-state index is 0.345. The highest BCUT2D eigenvalue weighted by Gasteiger charge is 2.39. The molecule has 0 amide bonds. The lowest BCUT2D eigenvalue weighted by Gasteiger charge is -2.36. The van der Waals surface area contributed by atoms with Crippen molar-refractivity contribution in [1.82, 2.24) is 9.78 Å². The van der Waals surface area contributed by atoms with Crippen LogP contribution in [0, 0.1) is 0 Å². The van der Waals surface area contributed by atoms with Crippen LogP contribution in [-0.2, 0) is 16.7 Å². The largest absolute Gasteiger partial charge is 0.373 e. The minimum Gasteiger partial charge on any atom is -0.373 e. The van der Waals surface area contributed by atoms with Crippen molar-refractivity contribution >= 4 is 0 Å². The van der Waals surface area contributed by atoms with Gasteiger partial charge < -0.3 is 4.74 Å². The third kappa shape index (κ3) is 2.94. The monoisotopic (exact) mass is 366 g/mol. The summed E-state index contributed by atoms with van der Waals surface area (Å²) in [5, 5.41) is 4.86. The molecule has 0 spiro atoms. The molecule has 1 atom stereocenters. The predicted molar refractivity (Wildman–Crippen MR) is 110 cm³/mol. The normalized spacial score (nSPS) is 16.1. The van der Waals surface area contributed by atoms with Gasteiger partial charge >= 0.3 is 0 Å². The fraction of sp³-hybridized carbons (Fsp3) is 0.160. The topological polar surface area (TPSA) is 30.4 Å². The van der Waals surface area contributed by atoms with Crippen LogP contribution in [-0.4, -0.2) is 22.5 Å². The number of hydrogen-bond donors (Lipinski definition) is 0. The highest BCUT2D eigenvalue weighted by atomic mass is 16.6. The van der Waals surface area contributed by atoms with Crippen LogP contribution >= 0.6 is 0 Å². The molecule has 1 unspecified atom stereocenters. The van der Waals surface area contributed by atoms with Gasteiger partial charge in [0, 0.05) is 12.6 Å². The maximum absolute atomic E-state index is 5.42. The number of aromatic nitrogens is 2. The van der Waals surface area contributed by atoms with Crippen LogP contribution in [0.15, 0.2) is 103 Å². The number of ether oxygens (including phenoxy) is 1. The van der Waals surface area contributed by atoms with Gasteiger partial charge in [0.1, 0.15) is 5.54 Å². The van der Waals surface area contributed by atoms with E-state index in [1.165, 1.54) is 22.3 Å². The van der Waals surface area contributed by atoms with Gasteiger partial charge in [0.15, 0.2) is 0 Å². The molecule has 2 heterocycles. The molecule has 4 aromatic rings. The Morgan fingerprint density at radius 1 is 0.786 bits per heavy atom. The summed E-state index contributed by atoms with van der Waals surface area (Å²) in [4.78, 5) is 0. The fourth-order valence-corrected chi connectivity index (χ4v) is 4.03. The Morgan fingerprint density at radius 2 is 1.25 bits per heavy atom. The van der Waals surface area contributed by atoms with E-state index in [1.54, 1.807) is 0 Å². The van der Waals surface area contributed by atoms with E-state index in [0.29, 0.717) is 6.10 Å². The van der Waals surface area contributed by atoms with Gasteiger partial charge in [-0.25, -0.2) is 0 Å². The van der Waals surface area contributed by atoms with Crippen molar-refractivity contribution < 1.29 is 4.74 Å². The third-order valence-corrected chi connectivity index (χ3v) is 5.42. The summed E-state index contributed by atoms with van der Waals surface area (Å²) in [5.41, 5.74) is 4.22. The van der Waals surface area contributed by atoms with Crippen molar-refractivity contribution in [2.45, 2.75) is 18.1 Å². The van der Waals surface area contributed by atoms with E-state index < -0.39 is 5.54 Å². The molecule has 28 heavy (non-hydrogen) atoms. The maximum Gasteiger partial charge on any atom is 0.137 e. The highest BCUT2D eigenvalue weighted by molar-refractivity contribution is 5.50. The van der Waals surface area contributed by atoms with Gasteiger partial charge in [0.2, 0.25) is 0 Å². The number of epoxide rings is 1. The van der Waals surface area contributed by atoms with E-state index in [4.69, 9.17) is 9.84 Å². The van der Waals surface area contributed by atoms with Crippen LogP contribution in [0.5, 0.6) is 0 Å². The highest BCUT2D eigenvalue weighted by Crippen LogP contribution is 2.40. The van der Waals surface area contributed by atoms with Crippen molar-refractivity contribution in [3.63, 3.8) is 0 Å². The standard InChI is InChI=1S/C25H22N2O/c1-4-10-21(11-5-1)25(22-12-6-2-7-13-22,23-14-8-3-9-15-23)27-18-20(17-26-27)16-24-19-28-24/h1-15,17-18,24H,16,19H2. The zero-order chi connectivity index (χ0) is 18.8. The zero-order valence-electron chi connectivity index (χ0n) is 15.6. The molecule has 1 aliphatic rings. The predicted octanol–water partition coefficient (Wildman–Crippen LogP) is 4.66. The second-order valence-electron chi connectivity index (χ2n) is 7.26. The molecule has 3 heteroatoms. The summed E-state index contributed by atoms with van der Waals surface area (Å²) in [7, 11) is 0. The van der Waals surface area contributed by atoms with Crippen molar-refractivity contribution in [2.75, 3.05) is 6.61 Å². The molecule has 0 saturated carbocycles. The molecule has 0 radical (unpaired) electrons. The number of nitrogens with zero attached hydrogens (tertiary/aromatic N) is 2. The SMILES string of the molecule is c1ccc(C(c2ccccc2)(c2ccccc2)n2cc(CC3CO3)cn2)cc1. The van der Waals surface area contributed by atoms with Crippen LogP contribution < -0.4 is 0 Å². The van der Waals surface area contributed by atoms with Gasteiger partial charge in [-0.1, -0.05) is 91.0 Å². The van der Waals surface area contributed by atoms with Crippen LogP contribution in [0.2, 0.25) is 0 Å². The third-order valence-electron chi connectivity index (χ3n) is 5.42. The quantitative estimate of drug-likeness (QED) is 0.367. The van der Waals surface area contributed by atoms with Gasteiger partial charge in [0.05, 0.1) is 18.9 Å². The van der Waals surface area contributed by atoms with Crippen LogP contribution in [0.1, 0.15) is 22.3 Å².